The van der Waals surface area contributed by atoms with Crippen molar-refractivity contribution >= 4 is 22.6 Å². The molecule has 1 fully saturated rings. The van der Waals surface area contributed by atoms with Crippen LogP contribution in [0.3, 0.4) is 0 Å². The Morgan fingerprint density at radius 2 is 1.76 bits per heavy atom. The number of benzene rings is 2. The molecule has 2 aromatic heterocycles. The SMILES string of the molecule is C[C@H]1CCCN1C1CCc2ccc(-c3cnc4[nH]nc(-c5ccc(C(C)(C)O)c(Cl)c5)c4c3)cc2CC1. The molecular formula is C31H35ClN4O. The van der Waals surface area contributed by atoms with Crippen molar-refractivity contribution in [2.45, 2.75) is 77.0 Å². The lowest BCUT2D eigenvalue weighted by molar-refractivity contribution is 0.0787. The molecule has 0 spiro atoms. The van der Waals surface area contributed by atoms with Gasteiger partial charge in [0.05, 0.1) is 5.60 Å². The number of pyridine rings is 1. The maximum Gasteiger partial charge on any atom is 0.155 e. The van der Waals surface area contributed by atoms with E-state index in [1.54, 1.807) is 13.8 Å². The topological polar surface area (TPSA) is 65.0 Å². The van der Waals surface area contributed by atoms with Crippen LogP contribution in [0.1, 0.15) is 63.1 Å². The Bertz CT molecular complexity index is 1450. The molecule has 6 rings (SSSR count). The second-order valence-electron chi connectivity index (χ2n) is 11.4. The van der Waals surface area contributed by atoms with Crippen LogP contribution >= 0.6 is 11.6 Å². The van der Waals surface area contributed by atoms with Crippen molar-refractivity contribution in [2.75, 3.05) is 6.54 Å². The van der Waals surface area contributed by atoms with Crippen LogP contribution in [0.25, 0.3) is 33.4 Å². The molecule has 1 aliphatic heterocycles. The standard InChI is InChI=1S/C31H35ClN4O/c1-19-5-4-14-36(19)25-11-8-20-6-7-22(15-21(20)9-12-25)24-16-26-29(34-35-30(26)33-18-24)23-10-13-27(28(32)17-23)31(2,3)37/h6-7,10,13,15-19,25,37H,4-5,8-9,11-12,14H2,1-3H3,(H,33,34,35)/t19-,25?/m0/s1. The molecule has 2 aromatic carbocycles. The number of hydrogen-bond donors (Lipinski definition) is 2. The molecule has 192 valence electrons. The summed E-state index contributed by atoms with van der Waals surface area (Å²) in [5.41, 5.74) is 7.41. The van der Waals surface area contributed by atoms with Gasteiger partial charge in [-0.15, -0.1) is 0 Å². The fourth-order valence-corrected chi connectivity index (χ4v) is 6.75. The predicted molar refractivity (Wildman–Crippen MR) is 151 cm³/mol. The highest BCUT2D eigenvalue weighted by atomic mass is 35.5. The first-order valence-corrected chi connectivity index (χ1v) is 13.9. The summed E-state index contributed by atoms with van der Waals surface area (Å²) in [7, 11) is 0. The summed E-state index contributed by atoms with van der Waals surface area (Å²) in [4.78, 5) is 7.44. The number of nitrogens with zero attached hydrogens (tertiary/aromatic N) is 3. The number of rotatable bonds is 4. The lowest BCUT2D eigenvalue weighted by Crippen LogP contribution is -2.37. The summed E-state index contributed by atoms with van der Waals surface area (Å²) in [6.07, 6.45) is 9.42. The molecule has 2 N–H and O–H groups in total. The number of aromatic amines is 1. The highest BCUT2D eigenvalue weighted by molar-refractivity contribution is 6.31. The Balaban J connectivity index is 1.30. The molecule has 4 aromatic rings. The third-order valence-corrected chi connectivity index (χ3v) is 8.74. The average Bonchev–Trinajstić information content (AvgIpc) is 3.43. The maximum absolute atomic E-state index is 10.4. The van der Waals surface area contributed by atoms with Gasteiger partial charge in [-0.05, 0) is 94.7 Å². The molecule has 0 amide bonds. The van der Waals surface area contributed by atoms with Crippen molar-refractivity contribution in [3.63, 3.8) is 0 Å². The number of likely N-dealkylation sites (tertiary alicyclic amines) is 1. The molecule has 2 atom stereocenters. The molecule has 1 saturated heterocycles. The van der Waals surface area contributed by atoms with E-state index in [2.05, 4.69) is 51.3 Å². The molecule has 2 aliphatic rings. The third-order valence-electron chi connectivity index (χ3n) is 8.42. The molecule has 1 aliphatic carbocycles. The van der Waals surface area contributed by atoms with Crippen molar-refractivity contribution in [3.8, 4) is 22.4 Å². The smallest absolute Gasteiger partial charge is 0.155 e. The van der Waals surface area contributed by atoms with Crippen LogP contribution in [-0.4, -0.2) is 43.8 Å². The first-order chi connectivity index (χ1) is 17.8. The summed E-state index contributed by atoms with van der Waals surface area (Å²) in [6.45, 7) is 7.13. The zero-order valence-electron chi connectivity index (χ0n) is 21.9. The van der Waals surface area contributed by atoms with Crippen LogP contribution in [0.15, 0.2) is 48.7 Å². The van der Waals surface area contributed by atoms with Crippen LogP contribution in [0.5, 0.6) is 0 Å². The Labute approximate surface area is 223 Å². The predicted octanol–water partition coefficient (Wildman–Crippen LogP) is 6.90. The van der Waals surface area contributed by atoms with Gasteiger partial charge in [0, 0.05) is 45.4 Å². The Morgan fingerprint density at radius 3 is 2.49 bits per heavy atom. The Morgan fingerprint density at radius 1 is 0.973 bits per heavy atom. The minimum atomic E-state index is -1.00. The molecule has 37 heavy (non-hydrogen) atoms. The van der Waals surface area contributed by atoms with E-state index in [0.29, 0.717) is 16.6 Å². The number of halogens is 1. The van der Waals surface area contributed by atoms with E-state index in [0.717, 1.165) is 46.7 Å². The molecule has 1 unspecified atom stereocenters. The van der Waals surface area contributed by atoms with Gasteiger partial charge in [0.25, 0.3) is 0 Å². The average molecular weight is 515 g/mol. The molecule has 3 heterocycles. The highest BCUT2D eigenvalue weighted by Gasteiger charge is 2.29. The van der Waals surface area contributed by atoms with Gasteiger partial charge in [-0.1, -0.05) is 41.9 Å². The van der Waals surface area contributed by atoms with Gasteiger partial charge in [-0.3, -0.25) is 10.00 Å². The van der Waals surface area contributed by atoms with Gasteiger partial charge in [0.15, 0.2) is 5.65 Å². The summed E-state index contributed by atoms with van der Waals surface area (Å²) < 4.78 is 0. The second kappa shape index (κ2) is 9.54. The summed E-state index contributed by atoms with van der Waals surface area (Å²) in [5.74, 6) is 0. The molecule has 0 radical (unpaired) electrons. The van der Waals surface area contributed by atoms with Crippen LogP contribution in [0.4, 0.5) is 0 Å². The molecule has 6 heteroatoms. The van der Waals surface area contributed by atoms with Crippen molar-refractivity contribution in [1.29, 1.82) is 0 Å². The quantitative estimate of drug-likeness (QED) is 0.290. The van der Waals surface area contributed by atoms with Gasteiger partial charge < -0.3 is 5.11 Å². The monoisotopic (exact) mass is 514 g/mol. The lowest BCUT2D eigenvalue weighted by atomic mass is 9.95. The van der Waals surface area contributed by atoms with Crippen molar-refractivity contribution < 1.29 is 5.11 Å². The fourth-order valence-electron chi connectivity index (χ4n) is 6.34. The van der Waals surface area contributed by atoms with Gasteiger partial charge >= 0.3 is 0 Å². The van der Waals surface area contributed by atoms with E-state index in [4.69, 9.17) is 11.6 Å². The van der Waals surface area contributed by atoms with E-state index < -0.39 is 5.60 Å². The molecule has 0 saturated carbocycles. The Hall–Kier alpha value is -2.73. The van der Waals surface area contributed by atoms with E-state index >= 15 is 0 Å². The summed E-state index contributed by atoms with van der Waals surface area (Å²) in [5, 5.41) is 19.5. The van der Waals surface area contributed by atoms with Gasteiger partial charge in [0.1, 0.15) is 5.69 Å². The number of fused-ring (bicyclic) bond motifs is 2. The Kier molecular flexibility index (Phi) is 6.34. The number of H-pyrrole nitrogens is 1. The highest BCUT2D eigenvalue weighted by Crippen LogP contribution is 2.36. The molecular weight excluding hydrogens is 480 g/mol. The number of nitrogens with one attached hydrogen (secondary N) is 1. The summed E-state index contributed by atoms with van der Waals surface area (Å²) in [6, 6.07) is 16.3. The summed E-state index contributed by atoms with van der Waals surface area (Å²) >= 11 is 6.53. The van der Waals surface area contributed by atoms with Crippen LogP contribution in [0, 0.1) is 0 Å². The van der Waals surface area contributed by atoms with E-state index in [-0.39, 0.29) is 0 Å². The van der Waals surface area contributed by atoms with Crippen molar-refractivity contribution in [1.82, 2.24) is 20.1 Å². The molecule has 5 nitrogen and oxygen atoms in total. The molecule has 0 bridgehead atoms. The van der Waals surface area contributed by atoms with E-state index in [9.17, 15) is 5.11 Å². The fraction of sp³-hybridized carbons (Fsp3) is 0.419. The van der Waals surface area contributed by atoms with Crippen LogP contribution in [0.2, 0.25) is 5.02 Å². The minimum Gasteiger partial charge on any atom is -0.386 e. The number of aryl methyl sites for hydroxylation is 2. The second-order valence-corrected chi connectivity index (χ2v) is 11.8. The lowest BCUT2D eigenvalue weighted by Gasteiger charge is -2.30. The first-order valence-electron chi connectivity index (χ1n) is 13.5. The third kappa shape index (κ3) is 4.69. The number of aromatic nitrogens is 3. The zero-order valence-corrected chi connectivity index (χ0v) is 22.6. The van der Waals surface area contributed by atoms with Crippen molar-refractivity contribution in [3.05, 3.63) is 70.4 Å². The van der Waals surface area contributed by atoms with E-state index in [1.165, 1.54) is 48.9 Å². The normalized spacial score (nSPS) is 20.8. The van der Waals surface area contributed by atoms with Gasteiger partial charge in [-0.2, -0.15) is 5.10 Å². The number of aliphatic hydroxyl groups is 1. The van der Waals surface area contributed by atoms with Crippen LogP contribution < -0.4 is 0 Å². The van der Waals surface area contributed by atoms with Crippen LogP contribution in [-0.2, 0) is 18.4 Å². The zero-order chi connectivity index (χ0) is 25.7. The van der Waals surface area contributed by atoms with Crippen molar-refractivity contribution in [2.24, 2.45) is 0 Å². The minimum absolute atomic E-state index is 0.526. The maximum atomic E-state index is 10.4. The van der Waals surface area contributed by atoms with Gasteiger partial charge in [-0.25, -0.2) is 4.98 Å². The first kappa shape index (κ1) is 24.6. The largest absolute Gasteiger partial charge is 0.386 e. The van der Waals surface area contributed by atoms with Gasteiger partial charge in [0.2, 0.25) is 0 Å². The van der Waals surface area contributed by atoms with E-state index in [1.807, 2.05) is 24.4 Å². The number of hydrogen-bond acceptors (Lipinski definition) is 4.